The van der Waals surface area contributed by atoms with E-state index in [0.717, 1.165) is 31.2 Å². The SMILES string of the molecule is Nc1ccc2c(c1)CCCC2C=O. The van der Waals surface area contributed by atoms with Crippen molar-refractivity contribution in [2.45, 2.75) is 25.2 Å². The van der Waals surface area contributed by atoms with Crippen LogP contribution < -0.4 is 5.73 Å². The van der Waals surface area contributed by atoms with Crippen molar-refractivity contribution in [2.24, 2.45) is 0 Å². The monoisotopic (exact) mass is 175 g/mol. The van der Waals surface area contributed by atoms with Gasteiger partial charge in [-0.1, -0.05) is 6.07 Å². The summed E-state index contributed by atoms with van der Waals surface area (Å²) in [6.45, 7) is 0. The Hall–Kier alpha value is -1.31. The van der Waals surface area contributed by atoms with E-state index in [4.69, 9.17) is 5.73 Å². The first-order chi connectivity index (χ1) is 6.31. The standard InChI is InChI=1S/C11H13NO/c12-10-4-5-11-8(6-10)2-1-3-9(11)7-13/h4-7,9H,1-3,12H2. The van der Waals surface area contributed by atoms with Gasteiger partial charge in [0.1, 0.15) is 6.29 Å². The first kappa shape index (κ1) is 8.30. The summed E-state index contributed by atoms with van der Waals surface area (Å²) in [5, 5.41) is 0. The maximum Gasteiger partial charge on any atom is 0.127 e. The number of aldehydes is 1. The fraction of sp³-hybridized carbons (Fsp3) is 0.364. The molecular weight excluding hydrogens is 162 g/mol. The molecule has 1 atom stereocenters. The van der Waals surface area contributed by atoms with E-state index in [0.29, 0.717) is 0 Å². The molecule has 2 rings (SSSR count). The van der Waals surface area contributed by atoms with Gasteiger partial charge in [-0.3, -0.25) is 0 Å². The molecule has 1 unspecified atom stereocenters. The first-order valence-electron chi connectivity index (χ1n) is 4.65. The number of anilines is 1. The lowest BCUT2D eigenvalue weighted by molar-refractivity contribution is -0.109. The lowest BCUT2D eigenvalue weighted by atomic mass is 9.83. The third kappa shape index (κ3) is 1.44. The summed E-state index contributed by atoms with van der Waals surface area (Å²) in [6.07, 6.45) is 4.19. The van der Waals surface area contributed by atoms with Crippen LogP contribution in [0.4, 0.5) is 5.69 Å². The van der Waals surface area contributed by atoms with Crippen LogP contribution in [0.5, 0.6) is 0 Å². The van der Waals surface area contributed by atoms with Crippen molar-refractivity contribution < 1.29 is 4.79 Å². The fourth-order valence-corrected chi connectivity index (χ4v) is 2.01. The summed E-state index contributed by atoms with van der Waals surface area (Å²) >= 11 is 0. The average molecular weight is 175 g/mol. The number of rotatable bonds is 1. The normalized spacial score (nSPS) is 20.8. The van der Waals surface area contributed by atoms with Crippen molar-refractivity contribution in [3.05, 3.63) is 29.3 Å². The highest BCUT2D eigenvalue weighted by atomic mass is 16.1. The zero-order chi connectivity index (χ0) is 9.26. The minimum atomic E-state index is 0.101. The molecule has 1 aliphatic rings. The van der Waals surface area contributed by atoms with Gasteiger partial charge in [-0.15, -0.1) is 0 Å². The molecule has 0 saturated carbocycles. The molecule has 1 aliphatic carbocycles. The number of hydrogen-bond acceptors (Lipinski definition) is 2. The summed E-state index contributed by atoms with van der Waals surface area (Å²) in [5.41, 5.74) is 8.91. The van der Waals surface area contributed by atoms with Crippen LogP contribution in [0.1, 0.15) is 29.9 Å². The lowest BCUT2D eigenvalue weighted by Gasteiger charge is -2.21. The number of carbonyl (C=O) groups is 1. The molecule has 13 heavy (non-hydrogen) atoms. The van der Waals surface area contributed by atoms with Gasteiger partial charge in [0, 0.05) is 11.6 Å². The van der Waals surface area contributed by atoms with Gasteiger partial charge in [-0.2, -0.15) is 0 Å². The average Bonchev–Trinajstić information content (AvgIpc) is 2.16. The topological polar surface area (TPSA) is 43.1 Å². The fourth-order valence-electron chi connectivity index (χ4n) is 2.01. The Labute approximate surface area is 77.8 Å². The van der Waals surface area contributed by atoms with E-state index in [1.54, 1.807) is 0 Å². The third-order valence-electron chi connectivity index (χ3n) is 2.69. The number of hydrogen-bond donors (Lipinski definition) is 1. The lowest BCUT2D eigenvalue weighted by Crippen LogP contribution is -2.10. The highest BCUT2D eigenvalue weighted by molar-refractivity contribution is 5.65. The van der Waals surface area contributed by atoms with Crippen molar-refractivity contribution in [1.29, 1.82) is 0 Å². The molecule has 0 bridgehead atoms. The van der Waals surface area contributed by atoms with Gasteiger partial charge in [-0.05, 0) is 42.5 Å². The van der Waals surface area contributed by atoms with E-state index >= 15 is 0 Å². The Morgan fingerprint density at radius 1 is 1.46 bits per heavy atom. The number of carbonyl (C=O) groups excluding carboxylic acids is 1. The van der Waals surface area contributed by atoms with Crippen LogP contribution in [-0.4, -0.2) is 6.29 Å². The van der Waals surface area contributed by atoms with Crippen molar-refractivity contribution >= 4 is 12.0 Å². The minimum absolute atomic E-state index is 0.101. The molecule has 2 nitrogen and oxygen atoms in total. The van der Waals surface area contributed by atoms with Gasteiger partial charge in [0.15, 0.2) is 0 Å². The summed E-state index contributed by atoms with van der Waals surface area (Å²) in [7, 11) is 0. The Kier molecular flexibility index (Phi) is 2.05. The van der Waals surface area contributed by atoms with Crippen LogP contribution in [-0.2, 0) is 11.2 Å². The van der Waals surface area contributed by atoms with Crippen LogP contribution in [0.3, 0.4) is 0 Å². The van der Waals surface area contributed by atoms with E-state index in [1.807, 2.05) is 18.2 Å². The molecule has 1 aromatic carbocycles. The molecule has 0 radical (unpaired) electrons. The predicted molar refractivity (Wildman–Crippen MR) is 52.6 cm³/mol. The van der Waals surface area contributed by atoms with Gasteiger partial charge in [0.2, 0.25) is 0 Å². The number of nitrogen functional groups attached to an aromatic ring is 1. The molecule has 0 fully saturated rings. The minimum Gasteiger partial charge on any atom is -0.399 e. The van der Waals surface area contributed by atoms with Crippen LogP contribution >= 0.6 is 0 Å². The van der Waals surface area contributed by atoms with Crippen molar-refractivity contribution in [3.63, 3.8) is 0 Å². The van der Waals surface area contributed by atoms with Crippen molar-refractivity contribution in [3.8, 4) is 0 Å². The van der Waals surface area contributed by atoms with Gasteiger partial charge in [0.05, 0.1) is 0 Å². The largest absolute Gasteiger partial charge is 0.399 e. The molecule has 2 N–H and O–H groups in total. The second-order valence-electron chi connectivity index (χ2n) is 3.59. The molecule has 0 heterocycles. The molecule has 0 amide bonds. The summed E-state index contributed by atoms with van der Waals surface area (Å²) < 4.78 is 0. The quantitative estimate of drug-likeness (QED) is 0.523. The van der Waals surface area contributed by atoms with Crippen LogP contribution in [0, 0.1) is 0 Å². The van der Waals surface area contributed by atoms with Crippen molar-refractivity contribution in [2.75, 3.05) is 5.73 Å². The first-order valence-corrected chi connectivity index (χ1v) is 4.65. The number of aryl methyl sites for hydroxylation is 1. The highest BCUT2D eigenvalue weighted by Crippen LogP contribution is 2.31. The number of nitrogens with two attached hydrogens (primary N) is 1. The van der Waals surface area contributed by atoms with E-state index in [-0.39, 0.29) is 5.92 Å². The smallest absolute Gasteiger partial charge is 0.127 e. The van der Waals surface area contributed by atoms with Gasteiger partial charge in [-0.25, -0.2) is 0 Å². The Bertz CT molecular complexity index is 333. The molecule has 1 aromatic rings. The van der Waals surface area contributed by atoms with Crippen molar-refractivity contribution in [1.82, 2.24) is 0 Å². The number of fused-ring (bicyclic) bond motifs is 1. The number of benzene rings is 1. The van der Waals surface area contributed by atoms with E-state index in [2.05, 4.69) is 0 Å². The Morgan fingerprint density at radius 2 is 2.31 bits per heavy atom. The Balaban J connectivity index is 2.45. The third-order valence-corrected chi connectivity index (χ3v) is 2.69. The van der Waals surface area contributed by atoms with Crippen LogP contribution in [0.25, 0.3) is 0 Å². The highest BCUT2D eigenvalue weighted by Gasteiger charge is 2.18. The molecule has 0 aromatic heterocycles. The van der Waals surface area contributed by atoms with E-state index in [1.165, 1.54) is 11.1 Å². The Morgan fingerprint density at radius 3 is 3.08 bits per heavy atom. The van der Waals surface area contributed by atoms with Gasteiger partial charge >= 0.3 is 0 Å². The van der Waals surface area contributed by atoms with Gasteiger partial charge in [0.25, 0.3) is 0 Å². The summed E-state index contributed by atoms with van der Waals surface area (Å²) in [5.74, 6) is 0.101. The molecule has 0 aliphatic heterocycles. The summed E-state index contributed by atoms with van der Waals surface area (Å²) in [4.78, 5) is 10.8. The maximum atomic E-state index is 10.8. The van der Waals surface area contributed by atoms with E-state index < -0.39 is 0 Å². The molecule has 0 spiro atoms. The van der Waals surface area contributed by atoms with Crippen LogP contribution in [0.15, 0.2) is 18.2 Å². The van der Waals surface area contributed by atoms with Crippen LogP contribution in [0.2, 0.25) is 0 Å². The predicted octanol–water partition coefficient (Wildman–Crippen LogP) is 1.89. The molecule has 68 valence electrons. The molecule has 2 heteroatoms. The second-order valence-corrected chi connectivity index (χ2v) is 3.59. The molecular formula is C11H13NO. The summed E-state index contributed by atoms with van der Waals surface area (Å²) in [6, 6.07) is 5.86. The second kappa shape index (κ2) is 3.21. The maximum absolute atomic E-state index is 10.8. The zero-order valence-electron chi connectivity index (χ0n) is 7.49. The van der Waals surface area contributed by atoms with Gasteiger partial charge < -0.3 is 10.5 Å². The van der Waals surface area contributed by atoms with E-state index in [9.17, 15) is 4.79 Å². The zero-order valence-corrected chi connectivity index (χ0v) is 7.49. The molecule has 0 saturated heterocycles.